The number of hydrogen-bond donors (Lipinski definition) is 0. The number of hydrogen-bond acceptors (Lipinski definition) is 2. The van der Waals surface area contributed by atoms with Crippen LogP contribution in [0.3, 0.4) is 0 Å². The molecule has 148 valence electrons. The van der Waals surface area contributed by atoms with Crippen LogP contribution in [0.15, 0.2) is 35.5 Å². The Morgan fingerprint density at radius 3 is 2.63 bits per heavy atom. The van der Waals surface area contributed by atoms with Crippen molar-refractivity contribution in [3.63, 3.8) is 0 Å². The lowest BCUT2D eigenvalue weighted by atomic mass is 9.96. The fourth-order valence-corrected chi connectivity index (χ4v) is 3.50. The van der Waals surface area contributed by atoms with Gasteiger partial charge in [0, 0.05) is 25.2 Å². The predicted octanol–water partition coefficient (Wildman–Crippen LogP) is 6.06. The Labute approximate surface area is 165 Å². The first kappa shape index (κ1) is 21.4. The standard InChI is InChI=1S/C24H36N2O/c1-6-8-15-26-16-9-10-19(4)23(24(26)27)25-17-20(5)22-13-11-21(12-14-22)18(3)7-2/h11-14,17-19H,6-10,15-16H2,1-5H3/b20-17+,25-23?. The Hall–Kier alpha value is -1.90. The van der Waals surface area contributed by atoms with Crippen LogP contribution in [-0.4, -0.2) is 29.6 Å². The molecule has 0 N–H and O–H groups in total. The monoisotopic (exact) mass is 368 g/mol. The highest BCUT2D eigenvalue weighted by Crippen LogP contribution is 2.22. The Morgan fingerprint density at radius 2 is 2.00 bits per heavy atom. The summed E-state index contributed by atoms with van der Waals surface area (Å²) in [4.78, 5) is 19.6. The van der Waals surface area contributed by atoms with Gasteiger partial charge in [-0.2, -0.15) is 0 Å². The van der Waals surface area contributed by atoms with Gasteiger partial charge in [0.25, 0.3) is 5.91 Å². The number of aliphatic imine (C=N–C) groups is 1. The van der Waals surface area contributed by atoms with E-state index in [0.717, 1.165) is 56.5 Å². The van der Waals surface area contributed by atoms with Gasteiger partial charge in [0.2, 0.25) is 0 Å². The predicted molar refractivity (Wildman–Crippen MR) is 116 cm³/mol. The molecule has 27 heavy (non-hydrogen) atoms. The molecule has 0 aliphatic carbocycles. The van der Waals surface area contributed by atoms with Crippen LogP contribution in [-0.2, 0) is 4.79 Å². The third-order valence-corrected chi connectivity index (χ3v) is 5.76. The van der Waals surface area contributed by atoms with Crippen LogP contribution in [0.25, 0.3) is 5.57 Å². The van der Waals surface area contributed by atoms with Crippen molar-refractivity contribution in [2.24, 2.45) is 10.9 Å². The third kappa shape index (κ3) is 5.79. The van der Waals surface area contributed by atoms with E-state index in [9.17, 15) is 4.79 Å². The lowest BCUT2D eigenvalue weighted by Gasteiger charge is -2.20. The summed E-state index contributed by atoms with van der Waals surface area (Å²) in [5.74, 6) is 0.938. The summed E-state index contributed by atoms with van der Waals surface area (Å²) in [5.41, 5.74) is 4.36. The molecule has 1 aromatic carbocycles. The van der Waals surface area contributed by atoms with E-state index in [1.807, 2.05) is 11.1 Å². The van der Waals surface area contributed by atoms with E-state index in [1.54, 1.807) is 0 Å². The highest BCUT2D eigenvalue weighted by molar-refractivity contribution is 6.39. The number of benzene rings is 1. The Bertz CT molecular complexity index is 670. The summed E-state index contributed by atoms with van der Waals surface area (Å²) in [6.45, 7) is 12.6. The average molecular weight is 369 g/mol. The first-order chi connectivity index (χ1) is 13.0. The highest BCUT2D eigenvalue weighted by Gasteiger charge is 2.27. The molecular formula is C24H36N2O. The molecule has 1 fully saturated rings. The minimum absolute atomic E-state index is 0.129. The SMILES string of the molecule is CCCCN1CCCC(C)C(=N/C=C(\C)c2ccc(C(C)CC)cc2)C1=O. The second kappa shape index (κ2) is 10.4. The van der Waals surface area contributed by atoms with Gasteiger partial charge < -0.3 is 4.90 Å². The highest BCUT2D eigenvalue weighted by atomic mass is 16.2. The summed E-state index contributed by atoms with van der Waals surface area (Å²) in [6, 6.07) is 8.75. The Kier molecular flexibility index (Phi) is 8.27. The number of rotatable bonds is 7. The maximum absolute atomic E-state index is 12.9. The van der Waals surface area contributed by atoms with Crippen molar-refractivity contribution < 1.29 is 4.79 Å². The Balaban J connectivity index is 2.19. The first-order valence-corrected chi connectivity index (χ1v) is 10.6. The summed E-state index contributed by atoms with van der Waals surface area (Å²) >= 11 is 0. The topological polar surface area (TPSA) is 32.7 Å². The number of unbranched alkanes of at least 4 members (excludes halogenated alkanes) is 1. The summed E-state index contributed by atoms with van der Waals surface area (Å²) < 4.78 is 0. The number of carbonyl (C=O) groups excluding carboxylic acids is 1. The molecule has 1 heterocycles. The quantitative estimate of drug-likeness (QED) is 0.575. The molecule has 2 rings (SSSR count). The lowest BCUT2D eigenvalue weighted by molar-refractivity contribution is -0.124. The van der Waals surface area contributed by atoms with Gasteiger partial charge >= 0.3 is 0 Å². The number of allylic oxidation sites excluding steroid dienone is 1. The molecule has 1 aliphatic heterocycles. The van der Waals surface area contributed by atoms with Crippen LogP contribution in [0.2, 0.25) is 0 Å². The molecule has 1 amide bonds. The van der Waals surface area contributed by atoms with Crippen molar-refractivity contribution in [1.29, 1.82) is 0 Å². The average Bonchev–Trinajstić information content (AvgIpc) is 2.82. The number of nitrogens with zero attached hydrogens (tertiary/aromatic N) is 2. The van der Waals surface area contributed by atoms with Crippen LogP contribution >= 0.6 is 0 Å². The minimum atomic E-state index is 0.129. The van der Waals surface area contributed by atoms with Crippen LogP contribution in [0, 0.1) is 5.92 Å². The lowest BCUT2D eigenvalue weighted by Crippen LogP contribution is -2.37. The van der Waals surface area contributed by atoms with Gasteiger partial charge in [-0.1, -0.05) is 58.4 Å². The minimum Gasteiger partial charge on any atom is -0.338 e. The fraction of sp³-hybridized carbons (Fsp3) is 0.583. The Morgan fingerprint density at radius 1 is 1.30 bits per heavy atom. The number of carbonyl (C=O) groups is 1. The molecule has 3 heteroatoms. The molecule has 0 aromatic heterocycles. The van der Waals surface area contributed by atoms with Crippen LogP contribution in [0.1, 0.15) is 83.8 Å². The van der Waals surface area contributed by atoms with E-state index in [4.69, 9.17) is 0 Å². The fourth-order valence-electron chi connectivity index (χ4n) is 3.50. The van der Waals surface area contributed by atoms with Crippen molar-refractivity contribution >= 4 is 17.2 Å². The van der Waals surface area contributed by atoms with E-state index < -0.39 is 0 Å². The number of likely N-dealkylation sites (tertiary alicyclic amines) is 1. The maximum Gasteiger partial charge on any atom is 0.268 e. The van der Waals surface area contributed by atoms with E-state index in [-0.39, 0.29) is 11.8 Å². The second-order valence-electron chi connectivity index (χ2n) is 7.95. The molecule has 1 aromatic rings. The zero-order chi connectivity index (χ0) is 19.8. The van der Waals surface area contributed by atoms with Gasteiger partial charge in [-0.15, -0.1) is 0 Å². The normalized spacial score (nSPS) is 21.4. The molecule has 1 saturated heterocycles. The summed E-state index contributed by atoms with van der Waals surface area (Å²) in [5, 5.41) is 0. The zero-order valence-electron chi connectivity index (χ0n) is 17.8. The van der Waals surface area contributed by atoms with Crippen LogP contribution in [0.4, 0.5) is 0 Å². The second-order valence-corrected chi connectivity index (χ2v) is 7.95. The van der Waals surface area contributed by atoms with E-state index in [2.05, 4.69) is 63.9 Å². The molecule has 2 atom stereocenters. The molecule has 3 nitrogen and oxygen atoms in total. The third-order valence-electron chi connectivity index (χ3n) is 5.76. The zero-order valence-corrected chi connectivity index (χ0v) is 17.8. The van der Waals surface area contributed by atoms with Gasteiger partial charge in [0.1, 0.15) is 5.71 Å². The first-order valence-electron chi connectivity index (χ1n) is 10.6. The van der Waals surface area contributed by atoms with Gasteiger partial charge in [-0.3, -0.25) is 9.79 Å². The molecule has 0 radical (unpaired) electrons. The van der Waals surface area contributed by atoms with Gasteiger partial charge in [-0.05, 0) is 55.2 Å². The van der Waals surface area contributed by atoms with Gasteiger partial charge in [0.15, 0.2) is 0 Å². The van der Waals surface area contributed by atoms with Crippen molar-refractivity contribution in [3.05, 3.63) is 41.6 Å². The van der Waals surface area contributed by atoms with Gasteiger partial charge in [-0.25, -0.2) is 0 Å². The van der Waals surface area contributed by atoms with E-state index >= 15 is 0 Å². The van der Waals surface area contributed by atoms with Crippen molar-refractivity contribution in [1.82, 2.24) is 4.90 Å². The number of amides is 1. The molecule has 1 aliphatic rings. The van der Waals surface area contributed by atoms with Crippen LogP contribution in [0.5, 0.6) is 0 Å². The van der Waals surface area contributed by atoms with Crippen molar-refractivity contribution in [3.8, 4) is 0 Å². The maximum atomic E-state index is 12.9. The largest absolute Gasteiger partial charge is 0.338 e. The smallest absolute Gasteiger partial charge is 0.268 e. The molecule has 0 bridgehead atoms. The molecule has 0 saturated carbocycles. The summed E-state index contributed by atoms with van der Waals surface area (Å²) in [6.07, 6.45) is 7.29. The molecular weight excluding hydrogens is 332 g/mol. The van der Waals surface area contributed by atoms with Crippen molar-refractivity contribution in [2.75, 3.05) is 13.1 Å². The van der Waals surface area contributed by atoms with E-state index in [1.165, 1.54) is 11.1 Å². The molecule has 2 unspecified atom stereocenters. The molecule has 0 spiro atoms. The van der Waals surface area contributed by atoms with Crippen molar-refractivity contribution in [2.45, 2.75) is 72.6 Å². The summed E-state index contributed by atoms with van der Waals surface area (Å²) in [7, 11) is 0. The van der Waals surface area contributed by atoms with Crippen LogP contribution < -0.4 is 0 Å². The van der Waals surface area contributed by atoms with E-state index in [0.29, 0.717) is 5.92 Å². The van der Waals surface area contributed by atoms with Gasteiger partial charge in [0.05, 0.1) is 0 Å².